The van der Waals surface area contributed by atoms with Gasteiger partial charge in [0, 0.05) is 12.8 Å². The van der Waals surface area contributed by atoms with Gasteiger partial charge in [-0.2, -0.15) is 0 Å². The van der Waals surface area contributed by atoms with Crippen molar-refractivity contribution in [2.45, 2.75) is 321 Å². The molecule has 6 nitrogen and oxygen atoms in total. The van der Waals surface area contributed by atoms with Gasteiger partial charge in [-0.15, -0.1) is 0 Å². The number of rotatable bonds is 54. The highest BCUT2D eigenvalue weighted by molar-refractivity contribution is 5.76. The first-order chi connectivity index (χ1) is 32.5. The molecule has 0 aromatic carbocycles. The molecule has 0 spiro atoms. The number of aliphatic hydroxyl groups is 2. The Morgan fingerprint density at radius 3 is 1.08 bits per heavy atom. The van der Waals surface area contributed by atoms with Crippen LogP contribution < -0.4 is 5.32 Å². The Morgan fingerprint density at radius 1 is 0.409 bits per heavy atom. The standard InChI is InChI=1S/C60H113NO5/c1-3-5-7-9-11-13-14-15-16-28-31-34-38-42-46-50-54-60(65)66-55-51-47-43-39-35-32-29-26-24-22-20-18-17-19-21-23-25-27-30-33-37-41-45-49-53-59(64)61-57(56-62)58(63)52-48-44-40-36-12-10-8-6-4-2/h16,19,21,28,48,52,57-58,62-63H,3-15,17-18,20,22-27,29-47,49-51,53-56H2,1-2H3,(H,61,64)/b21-19-,28-16-,52-48+. The molecule has 0 fully saturated rings. The second kappa shape index (κ2) is 55.7. The fraction of sp³-hybridized carbons (Fsp3) is 0.867. The van der Waals surface area contributed by atoms with E-state index in [0.717, 1.165) is 44.9 Å². The second-order valence-corrected chi connectivity index (χ2v) is 20.0. The molecule has 0 aliphatic rings. The second-order valence-electron chi connectivity index (χ2n) is 20.0. The number of esters is 1. The third-order valence-electron chi connectivity index (χ3n) is 13.4. The van der Waals surface area contributed by atoms with Crippen LogP contribution in [-0.2, 0) is 14.3 Å². The maximum absolute atomic E-state index is 12.4. The molecule has 0 heterocycles. The first-order valence-corrected chi connectivity index (χ1v) is 29.3. The van der Waals surface area contributed by atoms with Crippen molar-refractivity contribution in [1.82, 2.24) is 5.32 Å². The van der Waals surface area contributed by atoms with Gasteiger partial charge in [0.2, 0.25) is 5.91 Å². The Bertz CT molecular complexity index is 1070. The molecular formula is C60H113NO5. The number of aliphatic hydroxyl groups excluding tert-OH is 2. The van der Waals surface area contributed by atoms with Crippen molar-refractivity contribution in [3.8, 4) is 0 Å². The number of amides is 1. The molecule has 66 heavy (non-hydrogen) atoms. The highest BCUT2D eigenvalue weighted by atomic mass is 16.5. The Morgan fingerprint density at radius 2 is 0.712 bits per heavy atom. The first kappa shape index (κ1) is 64.1. The Labute approximate surface area is 411 Å². The van der Waals surface area contributed by atoms with Crippen LogP contribution in [0.5, 0.6) is 0 Å². The number of carbonyl (C=O) groups excluding carboxylic acids is 2. The van der Waals surface area contributed by atoms with E-state index in [1.807, 2.05) is 6.08 Å². The molecule has 0 bridgehead atoms. The summed E-state index contributed by atoms with van der Waals surface area (Å²) in [7, 11) is 0. The maximum atomic E-state index is 12.4. The van der Waals surface area contributed by atoms with E-state index in [-0.39, 0.29) is 18.5 Å². The van der Waals surface area contributed by atoms with Crippen LogP contribution in [0, 0.1) is 0 Å². The van der Waals surface area contributed by atoms with Gasteiger partial charge >= 0.3 is 5.97 Å². The van der Waals surface area contributed by atoms with E-state index < -0.39 is 12.1 Å². The van der Waals surface area contributed by atoms with E-state index >= 15 is 0 Å². The SMILES string of the molecule is CCCCCCCCC/C=C\CCCCCCCC(=O)OCCCCCCCCCCCCCC/C=C\CCCCCCCCCCC(=O)NC(CO)C(O)/C=C/CCCCCCCCC. The molecular weight excluding hydrogens is 815 g/mol. The molecule has 3 N–H and O–H groups in total. The molecule has 1 amide bonds. The van der Waals surface area contributed by atoms with Gasteiger partial charge in [0.15, 0.2) is 0 Å². The van der Waals surface area contributed by atoms with Gasteiger partial charge < -0.3 is 20.3 Å². The molecule has 0 saturated heterocycles. The van der Waals surface area contributed by atoms with Crippen LogP contribution in [0.3, 0.4) is 0 Å². The highest BCUT2D eigenvalue weighted by Crippen LogP contribution is 2.16. The van der Waals surface area contributed by atoms with Crippen molar-refractivity contribution in [3.05, 3.63) is 36.5 Å². The molecule has 0 rings (SSSR count). The summed E-state index contributed by atoms with van der Waals surface area (Å²) in [5.74, 6) is -0.0712. The molecule has 0 aromatic rings. The predicted molar refractivity (Wildman–Crippen MR) is 287 cm³/mol. The quantitative estimate of drug-likeness (QED) is 0.0321. The topological polar surface area (TPSA) is 95.9 Å². The van der Waals surface area contributed by atoms with Crippen molar-refractivity contribution in [3.63, 3.8) is 0 Å². The largest absolute Gasteiger partial charge is 0.466 e. The molecule has 0 aliphatic carbocycles. The van der Waals surface area contributed by atoms with Gasteiger partial charge in [0.05, 0.1) is 25.4 Å². The highest BCUT2D eigenvalue weighted by Gasteiger charge is 2.18. The van der Waals surface area contributed by atoms with Crippen LogP contribution in [0.1, 0.15) is 309 Å². The fourth-order valence-electron chi connectivity index (χ4n) is 8.86. The summed E-state index contributed by atoms with van der Waals surface area (Å²) in [6.45, 7) is 4.87. The number of hydrogen-bond acceptors (Lipinski definition) is 5. The molecule has 2 unspecified atom stereocenters. The van der Waals surface area contributed by atoms with Crippen LogP contribution >= 0.6 is 0 Å². The minimum absolute atomic E-state index is 0.00425. The lowest BCUT2D eigenvalue weighted by molar-refractivity contribution is -0.143. The van der Waals surface area contributed by atoms with Crippen molar-refractivity contribution >= 4 is 11.9 Å². The summed E-state index contributed by atoms with van der Waals surface area (Å²) in [5, 5.41) is 22.9. The van der Waals surface area contributed by atoms with Crippen LogP contribution in [0.2, 0.25) is 0 Å². The summed E-state index contributed by atoms with van der Waals surface area (Å²) in [5.41, 5.74) is 0. The number of allylic oxidation sites excluding steroid dienone is 5. The van der Waals surface area contributed by atoms with E-state index in [1.165, 1.54) is 238 Å². The zero-order valence-corrected chi connectivity index (χ0v) is 44.2. The fourth-order valence-corrected chi connectivity index (χ4v) is 8.86. The van der Waals surface area contributed by atoms with Crippen LogP contribution in [-0.4, -0.2) is 47.4 Å². The van der Waals surface area contributed by atoms with Crippen LogP contribution in [0.15, 0.2) is 36.5 Å². The Hall–Kier alpha value is -1.92. The number of unbranched alkanes of at least 4 members (excludes halogenated alkanes) is 39. The number of ether oxygens (including phenoxy) is 1. The van der Waals surface area contributed by atoms with Gasteiger partial charge in [-0.25, -0.2) is 0 Å². The molecule has 0 aromatic heterocycles. The van der Waals surface area contributed by atoms with Gasteiger partial charge in [-0.1, -0.05) is 249 Å². The van der Waals surface area contributed by atoms with E-state index in [2.05, 4.69) is 43.5 Å². The molecule has 0 radical (unpaired) electrons. The lowest BCUT2D eigenvalue weighted by Gasteiger charge is -2.20. The molecule has 0 saturated carbocycles. The van der Waals surface area contributed by atoms with Crippen molar-refractivity contribution in [1.29, 1.82) is 0 Å². The minimum atomic E-state index is -0.845. The normalized spacial score (nSPS) is 12.8. The molecule has 388 valence electrons. The van der Waals surface area contributed by atoms with Crippen molar-refractivity contribution < 1.29 is 24.5 Å². The summed E-state index contributed by atoms with van der Waals surface area (Å²) in [6.07, 6.45) is 69.0. The van der Waals surface area contributed by atoms with Crippen molar-refractivity contribution in [2.24, 2.45) is 0 Å². The van der Waals surface area contributed by atoms with Gasteiger partial charge in [0.1, 0.15) is 0 Å². The van der Waals surface area contributed by atoms with E-state index in [4.69, 9.17) is 4.74 Å². The number of nitrogens with one attached hydrogen (secondary N) is 1. The summed E-state index contributed by atoms with van der Waals surface area (Å²) < 4.78 is 5.48. The number of hydrogen-bond donors (Lipinski definition) is 3. The zero-order valence-electron chi connectivity index (χ0n) is 44.2. The zero-order chi connectivity index (χ0) is 47.9. The van der Waals surface area contributed by atoms with Crippen molar-refractivity contribution in [2.75, 3.05) is 13.2 Å². The van der Waals surface area contributed by atoms with E-state index in [9.17, 15) is 19.8 Å². The predicted octanol–water partition coefficient (Wildman–Crippen LogP) is 18.0. The molecule has 6 heteroatoms. The molecule has 2 atom stereocenters. The lowest BCUT2D eigenvalue weighted by atomic mass is 10.0. The maximum Gasteiger partial charge on any atom is 0.305 e. The van der Waals surface area contributed by atoms with Crippen LogP contribution in [0.4, 0.5) is 0 Å². The third kappa shape index (κ3) is 51.5. The monoisotopic (exact) mass is 928 g/mol. The van der Waals surface area contributed by atoms with E-state index in [1.54, 1.807) is 6.08 Å². The third-order valence-corrected chi connectivity index (χ3v) is 13.4. The summed E-state index contributed by atoms with van der Waals surface area (Å²) in [4.78, 5) is 24.4. The Kier molecular flexibility index (Phi) is 54.1. The van der Waals surface area contributed by atoms with Gasteiger partial charge in [-0.05, 0) is 83.5 Å². The molecule has 0 aliphatic heterocycles. The summed E-state index contributed by atoms with van der Waals surface area (Å²) >= 11 is 0. The average molecular weight is 929 g/mol. The smallest absolute Gasteiger partial charge is 0.305 e. The van der Waals surface area contributed by atoms with Gasteiger partial charge in [0.25, 0.3) is 0 Å². The summed E-state index contributed by atoms with van der Waals surface area (Å²) in [6, 6.07) is -0.629. The average Bonchev–Trinajstić information content (AvgIpc) is 3.32. The van der Waals surface area contributed by atoms with E-state index in [0.29, 0.717) is 19.4 Å². The lowest BCUT2D eigenvalue weighted by Crippen LogP contribution is -2.45. The first-order valence-electron chi connectivity index (χ1n) is 29.3. The van der Waals surface area contributed by atoms with Crippen LogP contribution in [0.25, 0.3) is 0 Å². The minimum Gasteiger partial charge on any atom is -0.466 e. The number of carbonyl (C=O) groups is 2. The van der Waals surface area contributed by atoms with Gasteiger partial charge in [-0.3, -0.25) is 9.59 Å². The Balaban J connectivity index is 3.39.